The van der Waals surface area contributed by atoms with Gasteiger partial charge in [-0.15, -0.1) is 0 Å². The Morgan fingerprint density at radius 3 is 2.61 bits per heavy atom. The fraction of sp³-hybridized carbons (Fsp3) is 0.300. The third-order valence-corrected chi connectivity index (χ3v) is 6.79. The van der Waals surface area contributed by atoms with Gasteiger partial charge in [0.25, 0.3) is 0 Å². The summed E-state index contributed by atoms with van der Waals surface area (Å²) in [5, 5.41) is 6.76. The molecule has 3 rings (SSSR count). The van der Waals surface area contributed by atoms with Crippen molar-refractivity contribution in [3.8, 4) is 11.1 Å². The van der Waals surface area contributed by atoms with E-state index in [4.69, 9.17) is 4.74 Å². The van der Waals surface area contributed by atoms with Crippen molar-refractivity contribution >= 4 is 10.0 Å². The first-order valence-corrected chi connectivity index (χ1v) is 10.3. The molecular formula is C20H24N4O3S. The highest BCUT2D eigenvalue weighted by atomic mass is 32.2. The van der Waals surface area contributed by atoms with E-state index in [0.29, 0.717) is 11.3 Å². The van der Waals surface area contributed by atoms with Gasteiger partial charge in [0.1, 0.15) is 0 Å². The lowest BCUT2D eigenvalue weighted by Crippen LogP contribution is -2.34. The smallest absolute Gasteiger partial charge is 0.243 e. The highest BCUT2D eigenvalue weighted by Gasteiger charge is 2.31. The van der Waals surface area contributed by atoms with Crippen LogP contribution in [-0.2, 0) is 14.8 Å². The van der Waals surface area contributed by atoms with Crippen LogP contribution in [0.15, 0.2) is 53.8 Å². The Balaban J connectivity index is 2.03. The molecule has 8 heteroatoms. The van der Waals surface area contributed by atoms with Gasteiger partial charge in [-0.05, 0) is 54.8 Å². The number of benzene rings is 1. The number of ether oxygens (including phenoxy) is 1. The molecule has 1 N–H and O–H groups in total. The molecule has 148 valence electrons. The Kier molecular flexibility index (Phi) is 5.93. The van der Waals surface area contributed by atoms with Crippen molar-refractivity contribution < 1.29 is 13.2 Å². The largest absolute Gasteiger partial charge is 0.383 e. The lowest BCUT2D eigenvalue weighted by molar-refractivity contribution is 0.140. The number of nitrogens with one attached hydrogen (secondary N) is 1. The first-order chi connectivity index (χ1) is 13.4. The van der Waals surface area contributed by atoms with Crippen molar-refractivity contribution in [3.05, 3.63) is 65.7 Å². The van der Waals surface area contributed by atoms with Gasteiger partial charge in [-0.25, -0.2) is 8.42 Å². The van der Waals surface area contributed by atoms with Crippen LogP contribution in [0.4, 0.5) is 0 Å². The molecule has 0 saturated heterocycles. The third-order valence-electron chi connectivity index (χ3n) is 4.78. The number of methoxy groups -OCH3 is 1. The van der Waals surface area contributed by atoms with Crippen LogP contribution >= 0.6 is 0 Å². The minimum Gasteiger partial charge on any atom is -0.383 e. The number of hydrogen-bond donors (Lipinski definition) is 1. The van der Waals surface area contributed by atoms with Crippen LogP contribution in [0.3, 0.4) is 0 Å². The molecule has 2 heterocycles. The summed E-state index contributed by atoms with van der Waals surface area (Å²) < 4.78 is 33.4. The van der Waals surface area contributed by atoms with Gasteiger partial charge in [0.15, 0.2) is 0 Å². The SMILES string of the molecule is COCC(c1ccccn1)N(C)S(=O)(=O)c1cc(C)c(-c2cn[nH]c2)cc1C. The molecule has 1 unspecified atom stereocenters. The van der Waals surface area contributed by atoms with Gasteiger partial charge in [0.2, 0.25) is 10.0 Å². The molecule has 0 amide bonds. The van der Waals surface area contributed by atoms with E-state index in [2.05, 4.69) is 15.2 Å². The summed E-state index contributed by atoms with van der Waals surface area (Å²) >= 11 is 0. The number of rotatable bonds is 7. The highest BCUT2D eigenvalue weighted by molar-refractivity contribution is 7.89. The standard InChI is InChI=1S/C20H24N4O3S/c1-14-10-20(15(2)9-17(14)16-11-22-23-12-16)28(25,26)24(3)19(13-27-4)18-7-5-6-8-21-18/h5-12,19H,13H2,1-4H3,(H,22,23). The zero-order chi connectivity index (χ0) is 20.3. The molecule has 0 saturated carbocycles. The number of nitrogens with zero attached hydrogens (tertiary/aromatic N) is 3. The van der Waals surface area contributed by atoms with Gasteiger partial charge in [0, 0.05) is 32.1 Å². The number of aromatic amines is 1. The first kappa shape index (κ1) is 20.2. The quantitative estimate of drug-likeness (QED) is 0.658. The Labute approximate surface area is 165 Å². The Hall–Kier alpha value is -2.55. The van der Waals surface area contributed by atoms with Crippen LogP contribution in [0.1, 0.15) is 22.9 Å². The summed E-state index contributed by atoms with van der Waals surface area (Å²) in [7, 11) is -0.648. The number of aryl methyl sites for hydroxylation is 2. The van der Waals surface area contributed by atoms with Crippen molar-refractivity contribution in [2.45, 2.75) is 24.8 Å². The number of sulfonamides is 1. The summed E-state index contributed by atoms with van der Waals surface area (Å²) in [4.78, 5) is 4.59. The second-order valence-electron chi connectivity index (χ2n) is 6.67. The zero-order valence-electron chi connectivity index (χ0n) is 16.4. The zero-order valence-corrected chi connectivity index (χ0v) is 17.2. The average molecular weight is 401 g/mol. The molecule has 0 radical (unpaired) electrons. The minimum absolute atomic E-state index is 0.206. The van der Waals surface area contributed by atoms with Gasteiger partial charge in [-0.2, -0.15) is 9.40 Å². The van der Waals surface area contributed by atoms with Gasteiger partial charge >= 0.3 is 0 Å². The molecule has 7 nitrogen and oxygen atoms in total. The van der Waals surface area contributed by atoms with E-state index in [1.807, 2.05) is 19.1 Å². The minimum atomic E-state index is -3.76. The van der Waals surface area contributed by atoms with Crippen molar-refractivity contribution in [3.63, 3.8) is 0 Å². The van der Waals surface area contributed by atoms with Crippen molar-refractivity contribution in [2.24, 2.45) is 0 Å². The van der Waals surface area contributed by atoms with Crippen LogP contribution in [0.5, 0.6) is 0 Å². The van der Waals surface area contributed by atoms with Gasteiger partial charge in [-0.3, -0.25) is 10.1 Å². The van der Waals surface area contributed by atoms with E-state index in [1.54, 1.807) is 57.9 Å². The fourth-order valence-corrected chi connectivity index (χ4v) is 4.81. The molecule has 0 aliphatic heterocycles. The number of pyridine rings is 1. The monoisotopic (exact) mass is 400 g/mol. The second kappa shape index (κ2) is 8.22. The molecule has 2 aromatic heterocycles. The van der Waals surface area contributed by atoms with Crippen LogP contribution < -0.4 is 0 Å². The lowest BCUT2D eigenvalue weighted by atomic mass is 10.0. The van der Waals surface area contributed by atoms with E-state index >= 15 is 0 Å². The van der Waals surface area contributed by atoms with Crippen molar-refractivity contribution in [2.75, 3.05) is 20.8 Å². The lowest BCUT2D eigenvalue weighted by Gasteiger charge is -2.27. The molecule has 0 bridgehead atoms. The van der Waals surface area contributed by atoms with E-state index in [9.17, 15) is 8.42 Å². The maximum atomic E-state index is 13.4. The van der Waals surface area contributed by atoms with Gasteiger partial charge in [-0.1, -0.05) is 6.07 Å². The number of H-pyrrole nitrogens is 1. The molecule has 3 aromatic rings. The first-order valence-electron chi connectivity index (χ1n) is 8.84. The fourth-order valence-electron chi connectivity index (χ4n) is 3.21. The molecule has 0 spiro atoms. The van der Waals surface area contributed by atoms with E-state index < -0.39 is 16.1 Å². The number of likely N-dealkylation sites (N-methyl/N-ethyl adjacent to an activating group) is 1. The summed E-state index contributed by atoms with van der Waals surface area (Å²) in [6.45, 7) is 3.90. The normalized spacial score (nSPS) is 13.0. The predicted octanol–water partition coefficient (Wildman–Crippen LogP) is 3.10. The maximum Gasteiger partial charge on any atom is 0.243 e. The predicted molar refractivity (Wildman–Crippen MR) is 107 cm³/mol. The van der Waals surface area contributed by atoms with Gasteiger partial charge in [0.05, 0.1) is 29.4 Å². The topological polar surface area (TPSA) is 88.2 Å². The summed E-state index contributed by atoms with van der Waals surface area (Å²) in [6, 6.07) is 8.50. The Bertz CT molecular complexity index is 1030. The van der Waals surface area contributed by atoms with Crippen molar-refractivity contribution in [1.29, 1.82) is 0 Å². The molecule has 1 atom stereocenters. The van der Waals surface area contributed by atoms with Crippen LogP contribution in [0.25, 0.3) is 11.1 Å². The molecule has 0 aliphatic carbocycles. The molecular weight excluding hydrogens is 376 g/mol. The summed E-state index contributed by atoms with van der Waals surface area (Å²) in [5.74, 6) is 0. The van der Waals surface area contributed by atoms with E-state index in [-0.39, 0.29) is 11.5 Å². The molecule has 0 fully saturated rings. The summed E-state index contributed by atoms with van der Waals surface area (Å²) in [6.07, 6.45) is 5.16. The van der Waals surface area contributed by atoms with Crippen LogP contribution in [0, 0.1) is 13.8 Å². The molecule has 1 aromatic carbocycles. The highest BCUT2D eigenvalue weighted by Crippen LogP contribution is 2.32. The molecule has 28 heavy (non-hydrogen) atoms. The Morgan fingerprint density at radius 1 is 1.21 bits per heavy atom. The summed E-state index contributed by atoms with van der Waals surface area (Å²) in [5.41, 5.74) is 4.04. The number of hydrogen-bond acceptors (Lipinski definition) is 5. The number of aromatic nitrogens is 3. The second-order valence-corrected chi connectivity index (χ2v) is 8.63. The van der Waals surface area contributed by atoms with Crippen LogP contribution in [-0.4, -0.2) is 48.7 Å². The average Bonchev–Trinajstić information content (AvgIpc) is 3.22. The van der Waals surface area contributed by atoms with E-state index in [1.165, 1.54) is 4.31 Å². The van der Waals surface area contributed by atoms with Crippen LogP contribution in [0.2, 0.25) is 0 Å². The van der Waals surface area contributed by atoms with Gasteiger partial charge < -0.3 is 4.74 Å². The van der Waals surface area contributed by atoms with E-state index in [0.717, 1.165) is 16.7 Å². The Morgan fingerprint density at radius 2 is 2.00 bits per heavy atom. The maximum absolute atomic E-state index is 13.4. The van der Waals surface area contributed by atoms with Crippen molar-refractivity contribution in [1.82, 2.24) is 19.5 Å². The third kappa shape index (κ3) is 3.84. The molecule has 0 aliphatic rings.